The lowest BCUT2D eigenvalue weighted by Gasteiger charge is -2.17. The molecule has 3 heteroatoms. The molecule has 1 aliphatic carbocycles. The van der Waals surface area contributed by atoms with Gasteiger partial charge in [0, 0.05) is 9.89 Å². The maximum Gasteiger partial charge on any atom is 0.103 e. The first kappa shape index (κ1) is 9.70. The molecule has 1 aliphatic rings. The van der Waals surface area contributed by atoms with Crippen LogP contribution >= 0.6 is 15.9 Å². The fourth-order valence-corrected chi connectivity index (χ4v) is 2.08. The highest BCUT2D eigenvalue weighted by Crippen LogP contribution is 2.50. The lowest BCUT2D eigenvalue weighted by Crippen LogP contribution is -2.33. The molecule has 0 heterocycles. The van der Waals surface area contributed by atoms with E-state index in [1.807, 2.05) is 24.3 Å². The molecule has 1 aromatic carbocycles. The summed E-state index contributed by atoms with van der Waals surface area (Å²) in [6, 6.07) is 9.87. The molecule has 0 bridgehead atoms. The number of nitriles is 1. The number of benzene rings is 1. The van der Waals surface area contributed by atoms with Crippen LogP contribution in [0.2, 0.25) is 0 Å². The Hall–Kier alpha value is -0.850. The number of halogens is 1. The summed E-state index contributed by atoms with van der Waals surface area (Å²) < 4.78 is 1.06. The van der Waals surface area contributed by atoms with E-state index in [2.05, 4.69) is 22.0 Å². The van der Waals surface area contributed by atoms with Crippen LogP contribution in [0.3, 0.4) is 0 Å². The van der Waals surface area contributed by atoms with Crippen molar-refractivity contribution in [2.24, 2.45) is 5.73 Å². The minimum atomic E-state index is -0.372. The zero-order valence-corrected chi connectivity index (χ0v) is 9.29. The van der Waals surface area contributed by atoms with E-state index in [1.54, 1.807) is 0 Å². The van der Waals surface area contributed by atoms with Gasteiger partial charge in [-0.2, -0.15) is 5.26 Å². The van der Waals surface area contributed by atoms with Crippen molar-refractivity contribution < 1.29 is 0 Å². The Balaban J connectivity index is 2.32. The van der Waals surface area contributed by atoms with Crippen LogP contribution < -0.4 is 5.73 Å². The molecule has 1 saturated carbocycles. The summed E-state index contributed by atoms with van der Waals surface area (Å²) >= 11 is 3.39. The van der Waals surface area contributed by atoms with Crippen LogP contribution in [-0.2, 0) is 5.41 Å². The molecule has 1 unspecified atom stereocenters. The van der Waals surface area contributed by atoms with Gasteiger partial charge in [-0.25, -0.2) is 0 Å². The summed E-state index contributed by atoms with van der Waals surface area (Å²) in [6.07, 6.45) is 2.06. The maximum atomic E-state index is 8.84. The molecule has 0 aliphatic heterocycles. The van der Waals surface area contributed by atoms with Crippen LogP contribution in [0.4, 0.5) is 0 Å². The number of hydrogen-bond acceptors (Lipinski definition) is 2. The van der Waals surface area contributed by atoms with Crippen molar-refractivity contribution in [1.29, 1.82) is 5.26 Å². The molecule has 0 radical (unpaired) electrons. The van der Waals surface area contributed by atoms with Gasteiger partial charge in [0.2, 0.25) is 0 Å². The first-order chi connectivity index (χ1) is 6.69. The number of hydrogen-bond donors (Lipinski definition) is 1. The highest BCUT2D eigenvalue weighted by molar-refractivity contribution is 9.10. The molecule has 2 N–H and O–H groups in total. The maximum absolute atomic E-state index is 8.84. The Morgan fingerprint density at radius 3 is 2.36 bits per heavy atom. The highest BCUT2D eigenvalue weighted by Gasteiger charge is 2.49. The van der Waals surface area contributed by atoms with Gasteiger partial charge in [0.25, 0.3) is 0 Å². The SMILES string of the molecule is N#CC(N)C1(c2ccc(Br)cc2)CC1. The summed E-state index contributed by atoms with van der Waals surface area (Å²) in [5.74, 6) is 0. The van der Waals surface area contributed by atoms with Crippen molar-refractivity contribution in [1.82, 2.24) is 0 Å². The van der Waals surface area contributed by atoms with Crippen molar-refractivity contribution in [3.05, 3.63) is 34.3 Å². The lowest BCUT2D eigenvalue weighted by molar-refractivity contribution is 0.612. The molecule has 1 fully saturated rings. The standard InChI is InChI=1S/C11H11BrN2/c12-9-3-1-8(2-4-9)11(5-6-11)10(14)7-13/h1-4,10H,5-6,14H2. The molecule has 1 atom stereocenters. The second kappa shape index (κ2) is 3.38. The van der Waals surface area contributed by atoms with Gasteiger partial charge in [0.15, 0.2) is 0 Å². The summed E-state index contributed by atoms with van der Waals surface area (Å²) in [7, 11) is 0. The van der Waals surface area contributed by atoms with E-state index < -0.39 is 0 Å². The van der Waals surface area contributed by atoms with Crippen molar-refractivity contribution in [3.8, 4) is 6.07 Å². The van der Waals surface area contributed by atoms with E-state index in [9.17, 15) is 0 Å². The summed E-state index contributed by atoms with van der Waals surface area (Å²) in [6.45, 7) is 0. The third kappa shape index (κ3) is 1.45. The summed E-state index contributed by atoms with van der Waals surface area (Å²) in [5.41, 5.74) is 6.94. The normalized spacial score (nSPS) is 19.8. The van der Waals surface area contributed by atoms with E-state index in [0.717, 1.165) is 17.3 Å². The van der Waals surface area contributed by atoms with Gasteiger partial charge in [-0.3, -0.25) is 0 Å². The molecular formula is C11H11BrN2. The van der Waals surface area contributed by atoms with E-state index in [-0.39, 0.29) is 11.5 Å². The molecule has 0 aromatic heterocycles. The summed E-state index contributed by atoms with van der Waals surface area (Å²) in [4.78, 5) is 0. The quantitative estimate of drug-likeness (QED) is 0.876. The Labute approximate surface area is 91.9 Å². The van der Waals surface area contributed by atoms with Crippen molar-refractivity contribution in [3.63, 3.8) is 0 Å². The third-order valence-electron chi connectivity index (χ3n) is 2.94. The predicted molar refractivity (Wildman–Crippen MR) is 58.6 cm³/mol. The van der Waals surface area contributed by atoms with Crippen molar-refractivity contribution in [2.45, 2.75) is 24.3 Å². The average Bonchev–Trinajstić information content (AvgIpc) is 2.99. The second-order valence-corrected chi connectivity index (χ2v) is 4.69. The van der Waals surface area contributed by atoms with Crippen molar-refractivity contribution in [2.75, 3.05) is 0 Å². The largest absolute Gasteiger partial charge is 0.315 e. The molecular weight excluding hydrogens is 240 g/mol. The fraction of sp³-hybridized carbons (Fsp3) is 0.364. The fourth-order valence-electron chi connectivity index (χ4n) is 1.82. The van der Waals surface area contributed by atoms with Gasteiger partial charge in [-0.05, 0) is 30.5 Å². The Kier molecular flexibility index (Phi) is 2.34. The van der Waals surface area contributed by atoms with Gasteiger partial charge < -0.3 is 5.73 Å². The van der Waals surface area contributed by atoms with Crippen LogP contribution in [0.5, 0.6) is 0 Å². The molecule has 2 rings (SSSR count). The second-order valence-electron chi connectivity index (χ2n) is 3.77. The Bertz CT molecular complexity index is 373. The topological polar surface area (TPSA) is 49.8 Å². The van der Waals surface area contributed by atoms with Gasteiger partial charge >= 0.3 is 0 Å². The van der Waals surface area contributed by atoms with Crippen molar-refractivity contribution >= 4 is 15.9 Å². The molecule has 14 heavy (non-hydrogen) atoms. The van der Waals surface area contributed by atoms with Crippen LogP contribution in [0.1, 0.15) is 18.4 Å². The summed E-state index contributed by atoms with van der Waals surface area (Å²) in [5, 5.41) is 8.84. The zero-order valence-electron chi connectivity index (χ0n) is 7.70. The zero-order chi connectivity index (χ0) is 10.2. The number of nitrogens with two attached hydrogens (primary N) is 1. The third-order valence-corrected chi connectivity index (χ3v) is 3.47. The van der Waals surface area contributed by atoms with E-state index in [4.69, 9.17) is 11.0 Å². The predicted octanol–water partition coefficient (Wildman–Crippen LogP) is 2.33. The first-order valence-electron chi connectivity index (χ1n) is 4.60. The minimum absolute atomic E-state index is 0.0601. The van der Waals surface area contributed by atoms with E-state index in [0.29, 0.717) is 0 Å². The van der Waals surface area contributed by atoms with Crippen LogP contribution in [-0.4, -0.2) is 6.04 Å². The molecule has 2 nitrogen and oxygen atoms in total. The molecule has 72 valence electrons. The number of nitrogens with zero attached hydrogens (tertiary/aromatic N) is 1. The monoisotopic (exact) mass is 250 g/mol. The van der Waals surface area contributed by atoms with Crippen LogP contribution in [0.15, 0.2) is 28.7 Å². The first-order valence-corrected chi connectivity index (χ1v) is 5.39. The Morgan fingerprint density at radius 2 is 1.93 bits per heavy atom. The van der Waals surface area contributed by atoms with Gasteiger partial charge in [-0.1, -0.05) is 28.1 Å². The average molecular weight is 251 g/mol. The van der Waals surface area contributed by atoms with E-state index in [1.165, 1.54) is 5.56 Å². The van der Waals surface area contributed by atoms with Gasteiger partial charge in [0.1, 0.15) is 6.04 Å². The van der Waals surface area contributed by atoms with Crippen LogP contribution in [0, 0.1) is 11.3 Å². The molecule has 0 amide bonds. The smallest absolute Gasteiger partial charge is 0.103 e. The van der Waals surface area contributed by atoms with E-state index >= 15 is 0 Å². The van der Waals surface area contributed by atoms with Gasteiger partial charge in [-0.15, -0.1) is 0 Å². The van der Waals surface area contributed by atoms with Crippen LogP contribution in [0.25, 0.3) is 0 Å². The molecule has 0 saturated heterocycles. The molecule has 0 spiro atoms. The lowest BCUT2D eigenvalue weighted by atomic mass is 9.89. The Morgan fingerprint density at radius 1 is 1.36 bits per heavy atom. The highest BCUT2D eigenvalue weighted by atomic mass is 79.9. The van der Waals surface area contributed by atoms with Gasteiger partial charge in [0.05, 0.1) is 6.07 Å². The molecule has 1 aromatic rings. The minimum Gasteiger partial charge on any atom is -0.315 e. The number of rotatable bonds is 2.